The molecular weight excluding hydrogens is 324 g/mol. The molecule has 0 spiro atoms. The van der Waals surface area contributed by atoms with E-state index >= 15 is 0 Å². The zero-order valence-electron chi connectivity index (χ0n) is 17.1. The van der Waals surface area contributed by atoms with Crippen molar-refractivity contribution in [2.45, 2.75) is 96.9 Å². The van der Waals surface area contributed by atoms with Gasteiger partial charge in [0.25, 0.3) is 0 Å². The first-order valence-corrected chi connectivity index (χ1v) is 11.1. The quantitative estimate of drug-likeness (QED) is 0.689. The van der Waals surface area contributed by atoms with Gasteiger partial charge in [-0.05, 0) is 98.2 Å². The number of aliphatic hydroxyl groups excluding tert-OH is 2. The minimum Gasteiger partial charge on any atom is -0.393 e. The third kappa shape index (κ3) is 2.06. The molecule has 5 aliphatic rings. The molecule has 0 aromatic rings. The maximum Gasteiger partial charge on any atom is 0.0921 e. The number of hydrogen-bond acceptors (Lipinski definition) is 3. The minimum absolute atomic E-state index is 0.119. The summed E-state index contributed by atoms with van der Waals surface area (Å²) in [5.41, 5.74) is 0.995. The molecule has 4 saturated carbocycles. The van der Waals surface area contributed by atoms with E-state index in [-0.39, 0.29) is 23.2 Å². The molecule has 0 unspecified atom stereocenters. The molecule has 5 rings (SSSR count). The third-order valence-electron chi connectivity index (χ3n) is 10.8. The lowest BCUT2D eigenvalue weighted by Crippen LogP contribution is -2.61. The Hall–Kier alpha value is -0.120. The van der Waals surface area contributed by atoms with Crippen LogP contribution in [-0.4, -0.2) is 34.6 Å². The standard InChI is InChI=1S/C23H38O3/c1-20-8-5-14(24)11-17(20)18(25)12-16-15(20)6-9-22(3)19(23(4)13-26-23)7-10-21(16,22)2/h14-19,24-25H,5-13H2,1-4H3/t14-,15-,16+,17-,18+,19+,20-,21-,22-,23-/m1/s1. The van der Waals surface area contributed by atoms with Crippen LogP contribution in [-0.2, 0) is 4.74 Å². The molecule has 26 heavy (non-hydrogen) atoms. The van der Waals surface area contributed by atoms with Gasteiger partial charge in [-0.25, -0.2) is 0 Å². The van der Waals surface area contributed by atoms with E-state index in [0.717, 1.165) is 32.3 Å². The van der Waals surface area contributed by atoms with Crippen LogP contribution in [0, 0.1) is 39.9 Å². The van der Waals surface area contributed by atoms with Gasteiger partial charge in [-0.3, -0.25) is 0 Å². The molecule has 1 aliphatic heterocycles. The van der Waals surface area contributed by atoms with E-state index in [1.165, 1.54) is 25.7 Å². The summed E-state index contributed by atoms with van der Waals surface area (Å²) >= 11 is 0. The minimum atomic E-state index is -0.234. The maximum absolute atomic E-state index is 11.1. The smallest absolute Gasteiger partial charge is 0.0921 e. The Labute approximate surface area is 158 Å². The summed E-state index contributed by atoms with van der Waals surface area (Å²) < 4.78 is 5.94. The van der Waals surface area contributed by atoms with Gasteiger partial charge in [0.15, 0.2) is 0 Å². The third-order valence-corrected chi connectivity index (χ3v) is 10.8. The van der Waals surface area contributed by atoms with Gasteiger partial charge in [-0.1, -0.05) is 20.8 Å². The lowest BCUT2D eigenvalue weighted by Gasteiger charge is -2.65. The number of aliphatic hydroxyl groups is 2. The lowest BCUT2D eigenvalue weighted by molar-refractivity contribution is -0.199. The molecule has 3 heteroatoms. The second-order valence-corrected chi connectivity index (χ2v) is 11.6. The Balaban J connectivity index is 1.51. The predicted octanol–water partition coefficient (Wildman–Crippen LogP) is 4.16. The van der Waals surface area contributed by atoms with E-state index in [1.54, 1.807) is 0 Å². The van der Waals surface area contributed by atoms with E-state index in [4.69, 9.17) is 4.74 Å². The molecule has 3 nitrogen and oxygen atoms in total. The van der Waals surface area contributed by atoms with Gasteiger partial charge in [0.05, 0.1) is 24.4 Å². The summed E-state index contributed by atoms with van der Waals surface area (Å²) in [6.07, 6.45) is 8.55. The predicted molar refractivity (Wildman–Crippen MR) is 102 cm³/mol. The first-order valence-electron chi connectivity index (χ1n) is 11.1. The van der Waals surface area contributed by atoms with Crippen LogP contribution < -0.4 is 0 Å². The molecule has 148 valence electrons. The summed E-state index contributed by atoms with van der Waals surface area (Å²) in [7, 11) is 0. The van der Waals surface area contributed by atoms with Crippen LogP contribution in [0.5, 0.6) is 0 Å². The Morgan fingerprint density at radius 2 is 1.46 bits per heavy atom. The van der Waals surface area contributed by atoms with Crippen molar-refractivity contribution in [1.82, 2.24) is 0 Å². The molecular formula is C23H38O3. The Morgan fingerprint density at radius 1 is 0.769 bits per heavy atom. The number of epoxide rings is 1. The van der Waals surface area contributed by atoms with Crippen LogP contribution in [0.2, 0.25) is 0 Å². The number of rotatable bonds is 1. The fraction of sp³-hybridized carbons (Fsp3) is 1.00. The van der Waals surface area contributed by atoms with Crippen molar-refractivity contribution in [3.63, 3.8) is 0 Å². The molecule has 4 aliphatic carbocycles. The van der Waals surface area contributed by atoms with Crippen molar-refractivity contribution in [1.29, 1.82) is 0 Å². The van der Waals surface area contributed by atoms with Crippen molar-refractivity contribution in [3.8, 4) is 0 Å². The van der Waals surface area contributed by atoms with E-state index in [2.05, 4.69) is 27.7 Å². The molecule has 10 atom stereocenters. The van der Waals surface area contributed by atoms with Gasteiger partial charge in [0, 0.05) is 0 Å². The summed E-state index contributed by atoms with van der Waals surface area (Å²) in [5.74, 6) is 2.31. The van der Waals surface area contributed by atoms with E-state index < -0.39 is 0 Å². The molecule has 0 amide bonds. The highest BCUT2D eigenvalue weighted by Crippen LogP contribution is 2.74. The zero-order valence-corrected chi connectivity index (χ0v) is 17.1. The van der Waals surface area contributed by atoms with Crippen molar-refractivity contribution >= 4 is 0 Å². The highest BCUT2D eigenvalue weighted by atomic mass is 16.6. The van der Waals surface area contributed by atoms with Crippen LogP contribution in [0.25, 0.3) is 0 Å². The van der Waals surface area contributed by atoms with Gasteiger partial charge in [-0.15, -0.1) is 0 Å². The summed E-state index contributed by atoms with van der Waals surface area (Å²) in [6.45, 7) is 10.8. The molecule has 0 radical (unpaired) electrons. The molecule has 5 fully saturated rings. The number of hydrogen-bond donors (Lipinski definition) is 2. The van der Waals surface area contributed by atoms with Gasteiger partial charge in [0.2, 0.25) is 0 Å². The average Bonchev–Trinajstić information content (AvgIpc) is 3.24. The summed E-state index contributed by atoms with van der Waals surface area (Å²) in [5, 5.41) is 21.4. The van der Waals surface area contributed by atoms with E-state index in [0.29, 0.717) is 34.5 Å². The summed E-state index contributed by atoms with van der Waals surface area (Å²) in [4.78, 5) is 0. The van der Waals surface area contributed by atoms with Crippen molar-refractivity contribution in [2.75, 3.05) is 6.61 Å². The lowest BCUT2D eigenvalue weighted by atomic mass is 9.40. The molecule has 0 aromatic heterocycles. The van der Waals surface area contributed by atoms with E-state index in [9.17, 15) is 10.2 Å². The Kier molecular flexibility index (Phi) is 3.64. The largest absolute Gasteiger partial charge is 0.393 e. The maximum atomic E-state index is 11.1. The first kappa shape index (κ1) is 17.9. The van der Waals surface area contributed by atoms with Crippen LogP contribution in [0.15, 0.2) is 0 Å². The average molecular weight is 363 g/mol. The first-order chi connectivity index (χ1) is 12.1. The van der Waals surface area contributed by atoms with Crippen molar-refractivity contribution < 1.29 is 14.9 Å². The highest BCUT2D eigenvalue weighted by molar-refractivity contribution is 5.19. The number of ether oxygens (including phenoxy) is 1. The highest BCUT2D eigenvalue weighted by Gasteiger charge is 2.70. The van der Waals surface area contributed by atoms with Crippen LogP contribution in [0.4, 0.5) is 0 Å². The zero-order chi connectivity index (χ0) is 18.5. The fourth-order valence-electron chi connectivity index (χ4n) is 8.95. The van der Waals surface area contributed by atoms with Crippen molar-refractivity contribution in [2.24, 2.45) is 39.9 Å². The number of fused-ring (bicyclic) bond motifs is 5. The molecule has 0 aromatic carbocycles. The Morgan fingerprint density at radius 3 is 2.15 bits per heavy atom. The van der Waals surface area contributed by atoms with Gasteiger partial charge in [-0.2, -0.15) is 0 Å². The normalized spacial score (nSPS) is 64.4. The second kappa shape index (κ2) is 5.27. The van der Waals surface area contributed by atoms with Crippen LogP contribution in [0.3, 0.4) is 0 Å². The SMILES string of the molecule is C[C@]12CC[C@@H](O)C[C@@H]1[C@@H](O)C[C@H]1[C@H]2CC[C@]2(C)[C@@H]([C@@]3(C)CO3)CC[C@]12C. The van der Waals surface area contributed by atoms with Gasteiger partial charge in [0.1, 0.15) is 0 Å². The molecule has 1 heterocycles. The molecule has 1 saturated heterocycles. The van der Waals surface area contributed by atoms with Gasteiger partial charge >= 0.3 is 0 Å². The monoisotopic (exact) mass is 362 g/mol. The molecule has 2 N–H and O–H groups in total. The van der Waals surface area contributed by atoms with Crippen molar-refractivity contribution in [3.05, 3.63) is 0 Å². The fourth-order valence-corrected chi connectivity index (χ4v) is 8.95. The topological polar surface area (TPSA) is 53.0 Å². The van der Waals surface area contributed by atoms with Gasteiger partial charge < -0.3 is 14.9 Å². The van der Waals surface area contributed by atoms with Crippen LogP contribution in [0.1, 0.15) is 79.1 Å². The van der Waals surface area contributed by atoms with E-state index in [1.807, 2.05) is 0 Å². The Bertz CT molecular complexity index is 600. The summed E-state index contributed by atoms with van der Waals surface area (Å²) in [6, 6.07) is 0. The second-order valence-electron chi connectivity index (χ2n) is 11.6. The van der Waals surface area contributed by atoms with Crippen LogP contribution >= 0.6 is 0 Å². The molecule has 0 bridgehead atoms.